The largest absolute Gasteiger partial charge is 0.354 e. The van der Waals surface area contributed by atoms with Gasteiger partial charge in [-0.3, -0.25) is 9.59 Å². The van der Waals surface area contributed by atoms with Crippen LogP contribution in [0.1, 0.15) is 38.7 Å². The Morgan fingerprint density at radius 1 is 1.37 bits per heavy atom. The molecule has 1 aliphatic rings. The lowest BCUT2D eigenvalue weighted by Crippen LogP contribution is -2.32. The Hall–Kier alpha value is -1.84. The second kappa shape index (κ2) is 5.43. The molecule has 1 unspecified atom stereocenters. The Morgan fingerprint density at radius 3 is 2.68 bits per heavy atom. The van der Waals surface area contributed by atoms with Gasteiger partial charge in [0.25, 0.3) is 0 Å². The summed E-state index contributed by atoms with van der Waals surface area (Å²) in [6.45, 7) is 6.05. The van der Waals surface area contributed by atoms with Crippen molar-refractivity contribution in [3.05, 3.63) is 29.8 Å². The first kappa shape index (κ1) is 13.6. The average Bonchev–Trinajstić information content (AvgIpc) is 2.67. The predicted octanol–water partition coefficient (Wildman–Crippen LogP) is 2.05. The SMILES string of the molecule is CC(=O)N1CC(CC(=O)NC(C)C)c2ccccc21. The average molecular weight is 260 g/mol. The first-order valence-electron chi connectivity index (χ1n) is 6.65. The van der Waals surface area contributed by atoms with Gasteiger partial charge in [0, 0.05) is 37.5 Å². The molecule has 1 aliphatic heterocycles. The summed E-state index contributed by atoms with van der Waals surface area (Å²) in [7, 11) is 0. The fourth-order valence-corrected chi connectivity index (χ4v) is 2.57. The topological polar surface area (TPSA) is 49.4 Å². The highest BCUT2D eigenvalue weighted by atomic mass is 16.2. The number of nitrogens with one attached hydrogen (secondary N) is 1. The third-order valence-corrected chi connectivity index (χ3v) is 3.33. The number of carbonyl (C=O) groups is 2. The van der Waals surface area contributed by atoms with E-state index in [0.29, 0.717) is 13.0 Å². The van der Waals surface area contributed by atoms with Gasteiger partial charge >= 0.3 is 0 Å². The van der Waals surface area contributed by atoms with Crippen LogP contribution in [0.4, 0.5) is 5.69 Å². The molecule has 1 N–H and O–H groups in total. The van der Waals surface area contributed by atoms with Crippen LogP contribution in [0.15, 0.2) is 24.3 Å². The van der Waals surface area contributed by atoms with Gasteiger partial charge in [0.15, 0.2) is 0 Å². The second-order valence-electron chi connectivity index (χ2n) is 5.31. The molecular weight excluding hydrogens is 240 g/mol. The van der Waals surface area contributed by atoms with E-state index in [1.54, 1.807) is 11.8 Å². The molecule has 1 aromatic rings. The summed E-state index contributed by atoms with van der Waals surface area (Å²) in [5, 5.41) is 2.90. The summed E-state index contributed by atoms with van der Waals surface area (Å²) in [4.78, 5) is 25.3. The fourth-order valence-electron chi connectivity index (χ4n) is 2.57. The van der Waals surface area contributed by atoms with Gasteiger partial charge in [-0.2, -0.15) is 0 Å². The van der Waals surface area contributed by atoms with Gasteiger partial charge in [-0.25, -0.2) is 0 Å². The number of carbonyl (C=O) groups excluding carboxylic acids is 2. The Morgan fingerprint density at radius 2 is 2.05 bits per heavy atom. The monoisotopic (exact) mass is 260 g/mol. The van der Waals surface area contributed by atoms with Crippen LogP contribution in [0.2, 0.25) is 0 Å². The van der Waals surface area contributed by atoms with Crippen LogP contribution < -0.4 is 10.2 Å². The van der Waals surface area contributed by atoms with Crippen molar-refractivity contribution in [2.75, 3.05) is 11.4 Å². The third kappa shape index (κ3) is 2.95. The summed E-state index contributed by atoms with van der Waals surface area (Å²) in [6.07, 6.45) is 0.430. The second-order valence-corrected chi connectivity index (χ2v) is 5.31. The van der Waals surface area contributed by atoms with Crippen molar-refractivity contribution in [2.45, 2.75) is 39.2 Å². The summed E-state index contributed by atoms with van der Waals surface area (Å²) >= 11 is 0. The number of hydrogen-bond acceptors (Lipinski definition) is 2. The molecule has 1 heterocycles. The van der Waals surface area contributed by atoms with Crippen LogP contribution in [0, 0.1) is 0 Å². The van der Waals surface area contributed by atoms with E-state index >= 15 is 0 Å². The summed E-state index contributed by atoms with van der Waals surface area (Å²) in [5.74, 6) is 0.165. The van der Waals surface area contributed by atoms with Gasteiger partial charge < -0.3 is 10.2 Å². The zero-order valence-electron chi connectivity index (χ0n) is 11.6. The number of para-hydroxylation sites is 1. The molecule has 2 amide bonds. The Labute approximate surface area is 113 Å². The first-order chi connectivity index (χ1) is 8.99. The van der Waals surface area contributed by atoms with Crippen LogP contribution in [-0.4, -0.2) is 24.4 Å². The molecular formula is C15H20N2O2. The van der Waals surface area contributed by atoms with E-state index < -0.39 is 0 Å². The molecule has 0 bridgehead atoms. The summed E-state index contributed by atoms with van der Waals surface area (Å²) in [6, 6.07) is 7.97. The molecule has 0 spiro atoms. The minimum Gasteiger partial charge on any atom is -0.354 e. The Kier molecular flexibility index (Phi) is 3.88. The zero-order chi connectivity index (χ0) is 14.0. The van der Waals surface area contributed by atoms with E-state index in [2.05, 4.69) is 5.32 Å². The molecule has 19 heavy (non-hydrogen) atoms. The smallest absolute Gasteiger partial charge is 0.223 e. The van der Waals surface area contributed by atoms with Crippen LogP contribution in [0.5, 0.6) is 0 Å². The van der Waals surface area contributed by atoms with Gasteiger partial charge in [0.1, 0.15) is 0 Å². The van der Waals surface area contributed by atoms with Crippen LogP contribution in [0.3, 0.4) is 0 Å². The number of anilines is 1. The number of hydrogen-bond donors (Lipinski definition) is 1. The molecule has 4 nitrogen and oxygen atoms in total. The van der Waals surface area contributed by atoms with Gasteiger partial charge in [-0.1, -0.05) is 18.2 Å². The molecule has 0 fully saturated rings. The molecule has 1 atom stereocenters. The van der Waals surface area contributed by atoms with E-state index in [0.717, 1.165) is 11.3 Å². The number of fused-ring (bicyclic) bond motifs is 1. The molecule has 0 aromatic heterocycles. The van der Waals surface area contributed by atoms with Gasteiger partial charge in [0.2, 0.25) is 11.8 Å². The quantitative estimate of drug-likeness (QED) is 0.904. The van der Waals surface area contributed by atoms with Crippen molar-refractivity contribution in [1.29, 1.82) is 0 Å². The van der Waals surface area contributed by atoms with Gasteiger partial charge in [-0.15, -0.1) is 0 Å². The lowest BCUT2D eigenvalue weighted by molar-refractivity contribution is -0.122. The minimum absolute atomic E-state index is 0.0271. The molecule has 0 saturated heterocycles. The molecule has 0 saturated carbocycles. The third-order valence-electron chi connectivity index (χ3n) is 3.33. The molecule has 4 heteroatoms. The first-order valence-corrected chi connectivity index (χ1v) is 6.65. The van der Waals surface area contributed by atoms with Crippen molar-refractivity contribution < 1.29 is 9.59 Å². The zero-order valence-corrected chi connectivity index (χ0v) is 11.6. The highest BCUT2D eigenvalue weighted by Gasteiger charge is 2.31. The van der Waals surface area contributed by atoms with E-state index in [4.69, 9.17) is 0 Å². The predicted molar refractivity (Wildman–Crippen MR) is 75.1 cm³/mol. The number of benzene rings is 1. The maximum atomic E-state index is 11.9. The fraction of sp³-hybridized carbons (Fsp3) is 0.467. The van der Waals surface area contributed by atoms with Crippen LogP contribution >= 0.6 is 0 Å². The molecule has 0 aliphatic carbocycles. The van der Waals surface area contributed by atoms with Crippen LogP contribution in [0.25, 0.3) is 0 Å². The van der Waals surface area contributed by atoms with Crippen molar-refractivity contribution in [3.8, 4) is 0 Å². The van der Waals surface area contributed by atoms with Crippen molar-refractivity contribution in [2.24, 2.45) is 0 Å². The van der Waals surface area contributed by atoms with E-state index in [-0.39, 0.29) is 23.8 Å². The normalized spacial score (nSPS) is 17.5. The van der Waals surface area contributed by atoms with Crippen LogP contribution in [-0.2, 0) is 9.59 Å². The van der Waals surface area contributed by atoms with Crippen molar-refractivity contribution >= 4 is 17.5 Å². The molecule has 1 aromatic carbocycles. The number of amides is 2. The molecule has 102 valence electrons. The van der Waals surface area contributed by atoms with Gasteiger partial charge in [0.05, 0.1) is 0 Å². The highest BCUT2D eigenvalue weighted by Crippen LogP contribution is 2.37. The summed E-state index contributed by atoms with van der Waals surface area (Å²) < 4.78 is 0. The van der Waals surface area contributed by atoms with E-state index in [1.165, 1.54) is 0 Å². The number of nitrogens with zero attached hydrogens (tertiary/aromatic N) is 1. The molecule has 2 rings (SSSR count). The lowest BCUT2D eigenvalue weighted by Gasteiger charge is -2.15. The Bertz CT molecular complexity index is 497. The maximum absolute atomic E-state index is 11.9. The van der Waals surface area contributed by atoms with Gasteiger partial charge in [-0.05, 0) is 25.5 Å². The van der Waals surface area contributed by atoms with E-state index in [9.17, 15) is 9.59 Å². The van der Waals surface area contributed by atoms with E-state index in [1.807, 2.05) is 38.1 Å². The summed E-state index contributed by atoms with van der Waals surface area (Å²) in [5.41, 5.74) is 2.04. The van der Waals surface area contributed by atoms with Crippen molar-refractivity contribution in [1.82, 2.24) is 5.32 Å². The van der Waals surface area contributed by atoms with Crippen molar-refractivity contribution in [3.63, 3.8) is 0 Å². The maximum Gasteiger partial charge on any atom is 0.223 e. The molecule has 0 radical (unpaired) electrons. The Balaban J connectivity index is 2.16. The lowest BCUT2D eigenvalue weighted by atomic mass is 9.97. The minimum atomic E-state index is 0.0271. The standard InChI is InChI=1S/C15H20N2O2/c1-10(2)16-15(19)8-12-9-17(11(3)18)14-7-5-4-6-13(12)14/h4-7,10,12H,8-9H2,1-3H3,(H,16,19). The number of rotatable bonds is 3. The highest BCUT2D eigenvalue weighted by molar-refractivity contribution is 5.94.